The van der Waals surface area contributed by atoms with E-state index < -0.39 is 67.5 Å². The molecule has 0 bridgehead atoms. The molecule has 0 aliphatic carbocycles. The molecule has 0 aromatic heterocycles. The van der Waals surface area contributed by atoms with E-state index in [1.54, 1.807) is 13.8 Å². The van der Waals surface area contributed by atoms with E-state index in [1.807, 2.05) is 0 Å². The summed E-state index contributed by atoms with van der Waals surface area (Å²) in [6, 6.07) is -2.87. The van der Waals surface area contributed by atoms with Crippen molar-refractivity contribution >= 4 is 45.4 Å². The summed E-state index contributed by atoms with van der Waals surface area (Å²) in [5.41, 5.74) is 5.77. The first-order chi connectivity index (χ1) is 13.7. The number of sulfone groups is 1. The number of nitrogens with zero attached hydrogens (tertiary/aromatic N) is 2. The number of ether oxygens (including phenoxy) is 2. The number of β-lactam (4-membered cyclic amide) rings is 2. The van der Waals surface area contributed by atoms with Gasteiger partial charge in [0.05, 0.1) is 11.2 Å². The summed E-state index contributed by atoms with van der Waals surface area (Å²) in [5, 5.41) is -1.35. The minimum Gasteiger partial charge on any atom is -0.426 e. The fourth-order valence-corrected chi connectivity index (χ4v) is 8.22. The zero-order valence-corrected chi connectivity index (χ0v) is 18.5. The van der Waals surface area contributed by atoms with Gasteiger partial charge in [-0.15, -0.1) is 11.8 Å². The summed E-state index contributed by atoms with van der Waals surface area (Å²) in [6.07, 6.45) is -0.161. The molecule has 4 saturated heterocycles. The van der Waals surface area contributed by atoms with Gasteiger partial charge in [0.1, 0.15) is 28.9 Å². The highest BCUT2D eigenvalue weighted by Gasteiger charge is 2.68. The molecule has 0 spiro atoms. The molecule has 4 heterocycles. The highest BCUT2D eigenvalue weighted by atomic mass is 32.2. The van der Waals surface area contributed by atoms with Crippen LogP contribution in [0.1, 0.15) is 34.1 Å². The molecule has 4 aliphatic rings. The Hall–Kier alpha value is -1.86. The lowest BCUT2D eigenvalue weighted by atomic mass is 9.96. The molecule has 0 saturated carbocycles. The van der Waals surface area contributed by atoms with Crippen LogP contribution in [0.4, 0.5) is 0 Å². The van der Waals surface area contributed by atoms with E-state index in [2.05, 4.69) is 0 Å². The monoisotopic (exact) mass is 461 g/mol. The number of rotatable bonds is 4. The molecule has 13 heteroatoms. The number of esters is 2. The Morgan fingerprint density at radius 2 is 1.67 bits per heavy atom. The summed E-state index contributed by atoms with van der Waals surface area (Å²) in [7, 11) is -3.74. The van der Waals surface area contributed by atoms with Crippen molar-refractivity contribution in [2.75, 3.05) is 6.79 Å². The van der Waals surface area contributed by atoms with E-state index in [-0.39, 0.29) is 17.7 Å². The van der Waals surface area contributed by atoms with Crippen LogP contribution in [0.3, 0.4) is 0 Å². The van der Waals surface area contributed by atoms with Crippen molar-refractivity contribution in [1.29, 1.82) is 0 Å². The van der Waals surface area contributed by atoms with Crippen LogP contribution in [0.25, 0.3) is 0 Å². The summed E-state index contributed by atoms with van der Waals surface area (Å²) in [6.45, 7) is 5.55. The van der Waals surface area contributed by atoms with Crippen molar-refractivity contribution in [1.82, 2.24) is 9.80 Å². The highest BCUT2D eigenvalue weighted by Crippen LogP contribution is 2.50. The molecule has 0 unspecified atom stereocenters. The van der Waals surface area contributed by atoms with E-state index in [9.17, 15) is 27.6 Å². The van der Waals surface area contributed by atoms with Crippen LogP contribution in [-0.2, 0) is 38.5 Å². The van der Waals surface area contributed by atoms with Crippen LogP contribution in [0.5, 0.6) is 0 Å². The maximum atomic E-state index is 12.6. The first kappa shape index (κ1) is 21.4. The van der Waals surface area contributed by atoms with Gasteiger partial charge in [0, 0.05) is 4.75 Å². The van der Waals surface area contributed by atoms with Crippen molar-refractivity contribution in [3.8, 4) is 0 Å². The lowest BCUT2D eigenvalue weighted by Crippen LogP contribution is -2.68. The van der Waals surface area contributed by atoms with Crippen LogP contribution in [-0.4, -0.2) is 87.1 Å². The van der Waals surface area contributed by atoms with E-state index in [0.29, 0.717) is 0 Å². The number of nitrogens with two attached hydrogens (primary N) is 1. The molecule has 4 fully saturated rings. The average molecular weight is 462 g/mol. The molecule has 0 radical (unpaired) electrons. The number of hydrogen-bond acceptors (Lipinski definition) is 10. The molecule has 4 aliphatic heterocycles. The first-order valence-electron chi connectivity index (χ1n) is 9.37. The molecule has 5 atom stereocenters. The third-order valence-corrected chi connectivity index (χ3v) is 10.7. The molecular formula is C17H23N3O8S2. The molecule has 166 valence electrons. The summed E-state index contributed by atoms with van der Waals surface area (Å²) in [5.74, 6) is -2.51. The van der Waals surface area contributed by atoms with Crippen LogP contribution >= 0.6 is 11.8 Å². The van der Waals surface area contributed by atoms with Crippen molar-refractivity contribution in [3.05, 3.63) is 0 Å². The zero-order valence-electron chi connectivity index (χ0n) is 16.9. The Bertz CT molecular complexity index is 962. The average Bonchev–Trinajstić information content (AvgIpc) is 2.97. The quantitative estimate of drug-likeness (QED) is 0.299. The number of fused-ring (bicyclic) bond motifs is 2. The predicted molar refractivity (Wildman–Crippen MR) is 103 cm³/mol. The summed E-state index contributed by atoms with van der Waals surface area (Å²) in [4.78, 5) is 51.5. The van der Waals surface area contributed by atoms with Gasteiger partial charge in [-0.2, -0.15) is 0 Å². The van der Waals surface area contributed by atoms with Crippen molar-refractivity contribution in [2.24, 2.45) is 5.73 Å². The van der Waals surface area contributed by atoms with Crippen molar-refractivity contribution in [3.63, 3.8) is 0 Å². The molecule has 2 amide bonds. The first-order valence-corrected chi connectivity index (χ1v) is 11.8. The number of amides is 2. The fourth-order valence-electron chi connectivity index (χ4n) is 4.54. The second-order valence-electron chi connectivity index (χ2n) is 8.84. The predicted octanol–water partition coefficient (Wildman–Crippen LogP) is -1.45. The SMILES string of the molecule is CC1(C)S[C@@H]2[C@@H](N)C(=O)N2[C@H]1C(=O)OCOC(=O)[C@@H]1N2C(=O)C[C@H]2S(=O)(=O)C1(C)C. The largest absolute Gasteiger partial charge is 0.426 e. The van der Waals surface area contributed by atoms with Gasteiger partial charge < -0.3 is 25.0 Å². The third-order valence-electron chi connectivity index (χ3n) is 6.31. The Kier molecular flexibility index (Phi) is 4.51. The normalized spacial score (nSPS) is 37.0. The lowest BCUT2D eigenvalue weighted by Gasteiger charge is -2.41. The second kappa shape index (κ2) is 6.33. The molecule has 2 N–H and O–H groups in total. The van der Waals surface area contributed by atoms with E-state index in [1.165, 1.54) is 30.5 Å². The van der Waals surface area contributed by atoms with Crippen LogP contribution in [0.15, 0.2) is 0 Å². The number of thioether (sulfide) groups is 1. The molecular weight excluding hydrogens is 438 g/mol. The van der Waals surface area contributed by atoms with Crippen LogP contribution in [0.2, 0.25) is 0 Å². The molecule has 11 nitrogen and oxygen atoms in total. The van der Waals surface area contributed by atoms with Crippen molar-refractivity contribution < 1.29 is 37.1 Å². The maximum absolute atomic E-state index is 12.6. The van der Waals surface area contributed by atoms with E-state index in [4.69, 9.17) is 15.2 Å². The van der Waals surface area contributed by atoms with Gasteiger partial charge in [-0.1, -0.05) is 0 Å². The van der Waals surface area contributed by atoms with Crippen LogP contribution in [0, 0.1) is 0 Å². The van der Waals surface area contributed by atoms with Crippen molar-refractivity contribution in [2.45, 2.75) is 72.5 Å². The van der Waals surface area contributed by atoms with Crippen LogP contribution < -0.4 is 5.73 Å². The molecule has 0 aromatic rings. The number of carbonyl (C=O) groups excluding carboxylic acids is 4. The second-order valence-corrected chi connectivity index (χ2v) is 13.3. The molecule has 0 aromatic carbocycles. The van der Waals surface area contributed by atoms with Gasteiger partial charge in [0.25, 0.3) is 0 Å². The van der Waals surface area contributed by atoms with Gasteiger partial charge >= 0.3 is 11.9 Å². The highest BCUT2D eigenvalue weighted by molar-refractivity contribution is 8.01. The molecule has 30 heavy (non-hydrogen) atoms. The standard InChI is InChI=1S/C17H23N3O8S2/c1-16(2)10(20-12(22)9(18)13(20)29-16)14(23)27-6-28-15(24)11-17(3,4)30(25,26)8-5-7(21)19(8)11/h8-11,13H,5-6,18H2,1-4H3/t8-,9+,10+,11+,13-/m1/s1. The third kappa shape index (κ3) is 2.57. The maximum Gasteiger partial charge on any atom is 0.333 e. The lowest BCUT2D eigenvalue weighted by molar-refractivity contribution is -0.181. The van der Waals surface area contributed by atoms with E-state index >= 15 is 0 Å². The zero-order chi connectivity index (χ0) is 22.4. The summed E-state index contributed by atoms with van der Waals surface area (Å²) < 4.78 is 33.0. The van der Waals surface area contributed by atoms with Gasteiger partial charge in [0.2, 0.25) is 18.6 Å². The Balaban J connectivity index is 1.40. The summed E-state index contributed by atoms with van der Waals surface area (Å²) >= 11 is 1.39. The molecule has 4 rings (SSSR count). The van der Waals surface area contributed by atoms with Gasteiger partial charge in [-0.05, 0) is 27.7 Å². The Labute approximate surface area is 177 Å². The van der Waals surface area contributed by atoms with Gasteiger partial charge in [-0.25, -0.2) is 18.0 Å². The topological polar surface area (TPSA) is 153 Å². The number of carbonyl (C=O) groups is 4. The van der Waals surface area contributed by atoms with E-state index in [0.717, 1.165) is 4.90 Å². The fraction of sp³-hybridized carbons (Fsp3) is 0.765. The minimum absolute atomic E-state index is 0.161. The number of hydrogen-bond donors (Lipinski definition) is 1. The van der Waals surface area contributed by atoms with Gasteiger partial charge in [-0.3, -0.25) is 9.59 Å². The Morgan fingerprint density at radius 3 is 2.23 bits per heavy atom. The smallest absolute Gasteiger partial charge is 0.333 e. The van der Waals surface area contributed by atoms with Gasteiger partial charge in [0.15, 0.2) is 9.84 Å². The Morgan fingerprint density at radius 1 is 1.10 bits per heavy atom. The minimum atomic E-state index is -3.74.